The van der Waals surface area contributed by atoms with E-state index in [-0.39, 0.29) is 24.5 Å². The summed E-state index contributed by atoms with van der Waals surface area (Å²) in [5.74, 6) is 0. The van der Waals surface area contributed by atoms with E-state index in [1.807, 2.05) is 6.07 Å². The number of nitrogens with one attached hydrogen (secondary N) is 1. The molecule has 14 heteroatoms. The van der Waals surface area contributed by atoms with Crippen molar-refractivity contribution in [3.05, 3.63) is 56.7 Å². The van der Waals surface area contributed by atoms with Gasteiger partial charge in [-0.2, -0.15) is 5.10 Å². The molecule has 0 aliphatic carbocycles. The van der Waals surface area contributed by atoms with Gasteiger partial charge in [0.25, 0.3) is 5.69 Å². The summed E-state index contributed by atoms with van der Waals surface area (Å²) in [4.78, 5) is 15.1. The van der Waals surface area contributed by atoms with E-state index in [1.165, 1.54) is 18.2 Å². The van der Waals surface area contributed by atoms with Crippen LogP contribution >= 0.6 is 0 Å². The van der Waals surface area contributed by atoms with E-state index in [0.717, 1.165) is 5.69 Å². The zero-order valence-electron chi connectivity index (χ0n) is 17.7. The van der Waals surface area contributed by atoms with Gasteiger partial charge in [-0.25, -0.2) is 0 Å². The number of aliphatic hydroxyl groups excluding tert-OH is 4. The summed E-state index contributed by atoms with van der Waals surface area (Å²) in [6, 6.07) is 5.30. The van der Waals surface area contributed by atoms with Crippen molar-refractivity contribution in [2.75, 3.05) is 31.6 Å². The number of nitrogens with zero attached hydrogens (tertiary/aromatic N) is 7. The van der Waals surface area contributed by atoms with E-state index in [4.69, 9.17) is 5.53 Å². The normalized spacial score (nSPS) is 23.2. The minimum Gasteiger partial charge on any atom is -0.395 e. The first kappa shape index (κ1) is 24.4. The van der Waals surface area contributed by atoms with Crippen LogP contribution in [-0.4, -0.2) is 90.6 Å². The smallest absolute Gasteiger partial charge is 0.292 e. The third-order valence-electron chi connectivity index (χ3n) is 5.56. The Labute approximate surface area is 188 Å². The number of nitro benzene ring substituents is 1. The molecule has 1 saturated heterocycles. The molecule has 14 nitrogen and oxygen atoms in total. The number of aromatic nitrogens is 2. The maximum absolute atomic E-state index is 11.3. The predicted molar refractivity (Wildman–Crippen MR) is 117 cm³/mol. The highest BCUT2D eigenvalue weighted by molar-refractivity contribution is 5.66. The Morgan fingerprint density at radius 1 is 1.27 bits per heavy atom. The zero-order valence-corrected chi connectivity index (χ0v) is 17.7. The fourth-order valence-corrected chi connectivity index (χ4v) is 3.79. The van der Waals surface area contributed by atoms with Crippen LogP contribution < -0.4 is 5.32 Å². The van der Waals surface area contributed by atoms with E-state index in [1.54, 1.807) is 15.8 Å². The molecule has 178 valence electrons. The van der Waals surface area contributed by atoms with Crippen LogP contribution in [0.2, 0.25) is 0 Å². The Kier molecular flexibility index (Phi) is 8.16. The number of benzene rings is 1. The number of piperidine rings is 1. The number of nitro groups is 1. The third kappa shape index (κ3) is 5.96. The molecule has 4 atom stereocenters. The number of anilines is 1. The molecule has 0 radical (unpaired) electrons. The second-order valence-corrected chi connectivity index (χ2v) is 7.69. The van der Waals surface area contributed by atoms with Crippen LogP contribution in [0.5, 0.6) is 0 Å². The Morgan fingerprint density at radius 3 is 2.76 bits per heavy atom. The molecule has 1 fully saturated rings. The number of rotatable bonds is 10. The number of β-amino-alcohol motifs (C(OH)–C–C–N with tert-alkyl or cyclic N) is 1. The largest absolute Gasteiger partial charge is 0.395 e. The van der Waals surface area contributed by atoms with Crippen LogP contribution in [0, 0.1) is 10.1 Å². The summed E-state index contributed by atoms with van der Waals surface area (Å²) in [7, 11) is 0. The molecule has 5 N–H and O–H groups in total. The van der Waals surface area contributed by atoms with E-state index < -0.39 is 29.3 Å². The van der Waals surface area contributed by atoms with Gasteiger partial charge in [0.1, 0.15) is 17.9 Å². The highest BCUT2D eigenvalue weighted by Gasteiger charge is 2.40. The number of aliphatic hydroxyl groups is 4. The van der Waals surface area contributed by atoms with Gasteiger partial charge in [0, 0.05) is 48.9 Å². The van der Waals surface area contributed by atoms with Crippen molar-refractivity contribution >= 4 is 17.1 Å². The SMILES string of the molecule is [N-]=[N+]=Nc1ccc(NCCc2ccn(CCN3C[C@H](O)[C@@H](O)[C@H](O)[C@H]3CO)n2)c([N+](=O)[O-])c1. The molecular formula is C19H26N8O6. The lowest BCUT2D eigenvalue weighted by atomic mass is 9.94. The summed E-state index contributed by atoms with van der Waals surface area (Å²) in [5.41, 5.74) is 9.49. The average molecular weight is 462 g/mol. The monoisotopic (exact) mass is 462 g/mol. The molecule has 0 bridgehead atoms. The predicted octanol–water partition coefficient (Wildman–Crippen LogP) is 0.147. The Morgan fingerprint density at radius 2 is 2.06 bits per heavy atom. The Bertz CT molecular complexity index is 1010. The quantitative estimate of drug-likeness (QED) is 0.107. The highest BCUT2D eigenvalue weighted by Crippen LogP contribution is 2.29. The topological polar surface area (TPSA) is 206 Å². The van der Waals surface area contributed by atoms with Crippen molar-refractivity contribution in [1.29, 1.82) is 0 Å². The summed E-state index contributed by atoms with van der Waals surface area (Å²) in [5, 5.41) is 61.4. The Hall–Kier alpha value is -3.26. The van der Waals surface area contributed by atoms with E-state index in [0.29, 0.717) is 31.7 Å². The molecule has 3 rings (SSSR count). The van der Waals surface area contributed by atoms with Gasteiger partial charge in [0.15, 0.2) is 0 Å². The molecule has 2 aromatic rings. The molecule has 33 heavy (non-hydrogen) atoms. The first-order valence-electron chi connectivity index (χ1n) is 10.3. The molecule has 0 saturated carbocycles. The van der Waals surface area contributed by atoms with Crippen molar-refractivity contribution in [2.24, 2.45) is 5.11 Å². The summed E-state index contributed by atoms with van der Waals surface area (Å²) >= 11 is 0. The fourth-order valence-electron chi connectivity index (χ4n) is 3.79. The number of azide groups is 1. The lowest BCUT2D eigenvalue weighted by molar-refractivity contribution is -0.383. The second kappa shape index (κ2) is 11.0. The van der Waals surface area contributed by atoms with E-state index >= 15 is 0 Å². The zero-order chi connectivity index (χ0) is 24.0. The van der Waals surface area contributed by atoms with Gasteiger partial charge in [0.2, 0.25) is 0 Å². The molecular weight excluding hydrogens is 436 g/mol. The van der Waals surface area contributed by atoms with Gasteiger partial charge < -0.3 is 25.7 Å². The average Bonchev–Trinajstić information content (AvgIpc) is 3.24. The molecule has 1 aromatic carbocycles. The van der Waals surface area contributed by atoms with Gasteiger partial charge >= 0.3 is 0 Å². The van der Waals surface area contributed by atoms with Crippen LogP contribution in [0.4, 0.5) is 17.1 Å². The van der Waals surface area contributed by atoms with Crippen LogP contribution in [0.15, 0.2) is 35.6 Å². The van der Waals surface area contributed by atoms with Gasteiger partial charge in [0.05, 0.1) is 35.9 Å². The highest BCUT2D eigenvalue weighted by atomic mass is 16.6. The standard InChI is InChI=1S/C19H26N8O6/c20-24-22-13-1-2-14(15(9-13)27(32)33)21-5-3-12-4-6-26(23-12)8-7-25-10-17(29)19(31)18(30)16(25)11-28/h1-2,4,6,9,16-19,21,28-31H,3,5,7-8,10-11H2/t16-,17+,18-,19-/m1/s1. The lowest BCUT2D eigenvalue weighted by Gasteiger charge is -2.43. The molecule has 0 spiro atoms. The van der Waals surface area contributed by atoms with Crippen LogP contribution in [0.1, 0.15) is 5.69 Å². The molecule has 1 aromatic heterocycles. The lowest BCUT2D eigenvalue weighted by Crippen LogP contribution is -2.62. The molecule has 2 heterocycles. The van der Waals surface area contributed by atoms with Crippen LogP contribution in [0.3, 0.4) is 0 Å². The minimum atomic E-state index is -1.30. The van der Waals surface area contributed by atoms with Crippen molar-refractivity contribution in [1.82, 2.24) is 14.7 Å². The van der Waals surface area contributed by atoms with Crippen LogP contribution in [-0.2, 0) is 13.0 Å². The first-order valence-corrected chi connectivity index (χ1v) is 10.3. The maximum Gasteiger partial charge on any atom is 0.292 e. The second-order valence-electron chi connectivity index (χ2n) is 7.69. The molecule has 1 aliphatic rings. The van der Waals surface area contributed by atoms with Crippen LogP contribution in [0.25, 0.3) is 10.4 Å². The summed E-state index contributed by atoms with van der Waals surface area (Å²) < 4.78 is 1.69. The van der Waals surface area contributed by atoms with Gasteiger partial charge in [-0.05, 0) is 17.7 Å². The molecule has 0 amide bonds. The number of hydrogen-bond donors (Lipinski definition) is 5. The first-order chi connectivity index (χ1) is 15.8. The van der Waals surface area contributed by atoms with Crippen molar-refractivity contribution in [2.45, 2.75) is 37.3 Å². The maximum atomic E-state index is 11.3. The van der Waals surface area contributed by atoms with E-state index in [9.17, 15) is 30.5 Å². The van der Waals surface area contributed by atoms with E-state index in [2.05, 4.69) is 20.4 Å². The fraction of sp³-hybridized carbons (Fsp3) is 0.526. The van der Waals surface area contributed by atoms with Crippen molar-refractivity contribution in [3.8, 4) is 0 Å². The van der Waals surface area contributed by atoms with Crippen molar-refractivity contribution in [3.63, 3.8) is 0 Å². The number of likely N-dealkylation sites (tertiary alicyclic amines) is 1. The third-order valence-corrected chi connectivity index (χ3v) is 5.56. The van der Waals surface area contributed by atoms with Gasteiger partial charge in [-0.15, -0.1) is 0 Å². The van der Waals surface area contributed by atoms with Crippen molar-refractivity contribution < 1.29 is 25.3 Å². The molecule has 1 aliphatic heterocycles. The molecule has 0 unspecified atom stereocenters. The summed E-state index contributed by atoms with van der Waals surface area (Å²) in [6.45, 7) is 0.990. The van der Waals surface area contributed by atoms with Gasteiger partial charge in [-0.1, -0.05) is 11.2 Å². The van der Waals surface area contributed by atoms with Gasteiger partial charge in [-0.3, -0.25) is 19.7 Å². The summed E-state index contributed by atoms with van der Waals surface area (Å²) in [6.07, 6.45) is -1.39. The number of hydrogen-bond acceptors (Lipinski definition) is 10. The Balaban J connectivity index is 1.53. The minimum absolute atomic E-state index is 0.124.